The maximum absolute atomic E-state index is 5.72. The number of pyridine rings is 1. The highest BCUT2D eigenvalue weighted by molar-refractivity contribution is 7.71. The normalized spacial score (nSPS) is 15.0. The van der Waals surface area contributed by atoms with E-state index in [9.17, 15) is 0 Å². The third-order valence-electron chi connectivity index (χ3n) is 5.07. The molecule has 0 radical (unpaired) electrons. The van der Waals surface area contributed by atoms with E-state index >= 15 is 0 Å². The molecule has 1 aliphatic rings. The molecule has 146 valence electrons. The van der Waals surface area contributed by atoms with Gasteiger partial charge in [-0.25, -0.2) is 4.98 Å². The monoisotopic (exact) mass is 399 g/mol. The summed E-state index contributed by atoms with van der Waals surface area (Å²) in [4.78, 5) is 7.38. The van der Waals surface area contributed by atoms with Crippen LogP contribution >= 0.6 is 12.2 Å². The summed E-state index contributed by atoms with van der Waals surface area (Å²) in [5.41, 5.74) is 2.38. The molecule has 0 spiro atoms. The molecule has 0 bridgehead atoms. The summed E-state index contributed by atoms with van der Waals surface area (Å²) >= 11 is 5.38. The molecule has 3 aromatic rings. The predicted molar refractivity (Wildman–Crippen MR) is 107 cm³/mol. The van der Waals surface area contributed by atoms with Crippen LogP contribution in [0.5, 0.6) is 5.75 Å². The van der Waals surface area contributed by atoms with Crippen LogP contribution in [0.3, 0.4) is 0 Å². The minimum absolute atomic E-state index is 0.442. The number of nitrogens with one attached hydrogen (secondary N) is 2. The molecule has 1 saturated heterocycles. The van der Waals surface area contributed by atoms with Gasteiger partial charge >= 0.3 is 0 Å². The molecule has 1 fully saturated rings. The number of rotatable bonds is 6. The lowest BCUT2D eigenvalue weighted by Crippen LogP contribution is -3.14. The molecule has 2 N–H and O–H groups in total. The third kappa shape index (κ3) is 4.40. The van der Waals surface area contributed by atoms with Gasteiger partial charge in [0.25, 0.3) is 4.84 Å². The van der Waals surface area contributed by atoms with Crippen LogP contribution in [0, 0.1) is 4.84 Å². The Labute approximate surface area is 169 Å². The number of benzene rings is 1. The van der Waals surface area contributed by atoms with E-state index in [2.05, 4.69) is 27.1 Å². The van der Waals surface area contributed by atoms with Crippen LogP contribution in [0.4, 0.5) is 5.69 Å². The molecular weight excluding hydrogens is 374 g/mol. The van der Waals surface area contributed by atoms with E-state index in [0.717, 1.165) is 44.2 Å². The largest absolute Gasteiger partial charge is 0.497 e. The van der Waals surface area contributed by atoms with Gasteiger partial charge in [0.05, 0.1) is 39.7 Å². The van der Waals surface area contributed by atoms with Crippen LogP contribution in [-0.2, 0) is 13.1 Å². The van der Waals surface area contributed by atoms with Gasteiger partial charge in [0.2, 0.25) is 5.89 Å². The van der Waals surface area contributed by atoms with Gasteiger partial charge in [-0.2, -0.15) is 4.68 Å². The van der Waals surface area contributed by atoms with Crippen LogP contribution in [0.1, 0.15) is 11.5 Å². The number of hydrogen-bond acceptors (Lipinski definition) is 5. The number of methoxy groups -OCH3 is 1. The van der Waals surface area contributed by atoms with Crippen molar-refractivity contribution in [3.63, 3.8) is 0 Å². The second-order valence-corrected chi connectivity index (χ2v) is 7.29. The molecule has 7 nitrogen and oxygen atoms in total. The van der Waals surface area contributed by atoms with Crippen LogP contribution in [-0.4, -0.2) is 43.1 Å². The van der Waals surface area contributed by atoms with E-state index in [4.69, 9.17) is 21.4 Å². The third-order valence-corrected chi connectivity index (χ3v) is 5.37. The van der Waals surface area contributed by atoms with Crippen molar-refractivity contribution in [2.24, 2.45) is 0 Å². The van der Waals surface area contributed by atoms with Crippen molar-refractivity contribution in [3.8, 4) is 5.75 Å². The molecule has 0 saturated carbocycles. The van der Waals surface area contributed by atoms with Crippen LogP contribution in [0.15, 0.2) is 53.2 Å². The molecule has 0 unspecified atom stereocenters. The maximum atomic E-state index is 5.72. The first-order chi connectivity index (χ1) is 13.7. The number of H-pyrrole nitrogens is 1. The van der Waals surface area contributed by atoms with E-state index in [1.807, 2.05) is 41.3 Å². The Bertz CT molecular complexity index is 947. The fourth-order valence-electron chi connectivity index (χ4n) is 3.48. The molecule has 2 aromatic heterocycles. The van der Waals surface area contributed by atoms with Gasteiger partial charge in [-0.1, -0.05) is 12.1 Å². The molecule has 1 aromatic carbocycles. The van der Waals surface area contributed by atoms with Crippen molar-refractivity contribution in [2.45, 2.75) is 13.1 Å². The molecule has 8 heteroatoms. The lowest BCUT2D eigenvalue weighted by atomic mass is 10.1. The van der Waals surface area contributed by atoms with E-state index in [1.54, 1.807) is 7.11 Å². The summed E-state index contributed by atoms with van der Waals surface area (Å²) in [6.07, 6.45) is 4.55. The van der Waals surface area contributed by atoms with Gasteiger partial charge in [-0.15, -0.1) is 5.10 Å². The summed E-state index contributed by atoms with van der Waals surface area (Å²) in [5, 5.41) is 4.59. The first-order valence-electron chi connectivity index (χ1n) is 9.45. The Morgan fingerprint density at radius 1 is 1.14 bits per heavy atom. The van der Waals surface area contributed by atoms with Crippen LogP contribution in [0.25, 0.3) is 0 Å². The Morgan fingerprint density at radius 3 is 2.54 bits per heavy atom. The number of aromatic amines is 1. The van der Waals surface area contributed by atoms with E-state index in [0.29, 0.717) is 17.1 Å². The minimum Gasteiger partial charge on any atom is -0.497 e. The van der Waals surface area contributed by atoms with E-state index in [-0.39, 0.29) is 0 Å². The second kappa shape index (κ2) is 8.53. The number of piperazine rings is 1. The van der Waals surface area contributed by atoms with Crippen molar-refractivity contribution in [3.05, 3.63) is 65.1 Å². The summed E-state index contributed by atoms with van der Waals surface area (Å²) in [7, 11) is 1.66. The van der Waals surface area contributed by atoms with Gasteiger partial charge in [0.15, 0.2) is 19.1 Å². The number of nitrogens with zero attached hydrogens (tertiary/aromatic N) is 3. The first-order valence-corrected chi connectivity index (χ1v) is 9.86. The molecule has 1 aliphatic heterocycles. The molecule has 0 aliphatic carbocycles. The molecule has 4 rings (SSSR count). The highest BCUT2D eigenvalue weighted by atomic mass is 32.1. The van der Waals surface area contributed by atoms with Crippen LogP contribution in [0.2, 0.25) is 0 Å². The minimum atomic E-state index is 0.442. The van der Waals surface area contributed by atoms with Crippen LogP contribution < -0.4 is 19.5 Å². The highest BCUT2D eigenvalue weighted by Crippen LogP contribution is 2.14. The Kier molecular flexibility index (Phi) is 5.68. The fourth-order valence-corrected chi connectivity index (χ4v) is 3.68. The van der Waals surface area contributed by atoms with E-state index in [1.165, 1.54) is 10.6 Å². The first kappa shape index (κ1) is 18.6. The standard InChI is InChI=1S/C20H23N5O2S/c1-26-18-4-2-16(3-5-18)14-19-22-25(20(28)27-19)15-23-10-12-24(13-11-23)17-6-8-21-9-7-17/h2-9H,10-15H2,1H3/p+2. The number of quaternary nitrogens is 1. The fraction of sp³-hybridized carbons (Fsp3) is 0.350. The van der Waals surface area contributed by atoms with Gasteiger partial charge < -0.3 is 19.0 Å². The summed E-state index contributed by atoms with van der Waals surface area (Å²) in [5.74, 6) is 1.49. The molecule has 0 amide bonds. The summed E-state index contributed by atoms with van der Waals surface area (Å²) in [6.45, 7) is 4.86. The lowest BCUT2D eigenvalue weighted by molar-refractivity contribution is -0.924. The summed E-state index contributed by atoms with van der Waals surface area (Å²) in [6, 6.07) is 12.1. The van der Waals surface area contributed by atoms with Crippen molar-refractivity contribution in [2.75, 3.05) is 38.2 Å². The van der Waals surface area contributed by atoms with Crippen molar-refractivity contribution < 1.29 is 19.0 Å². The predicted octanol–water partition coefficient (Wildman–Crippen LogP) is 0.982. The second-order valence-electron chi connectivity index (χ2n) is 6.94. The highest BCUT2D eigenvalue weighted by Gasteiger charge is 2.22. The zero-order chi connectivity index (χ0) is 19.3. The van der Waals surface area contributed by atoms with Gasteiger partial charge in [-0.3, -0.25) is 0 Å². The maximum Gasteiger partial charge on any atom is 0.291 e. The SMILES string of the molecule is COc1ccc(Cc2nn(C[NH+]3CCN(c4cc[nH+]cc4)CC3)c(=S)o2)cc1. The van der Waals surface area contributed by atoms with Crippen molar-refractivity contribution in [1.82, 2.24) is 9.78 Å². The van der Waals surface area contributed by atoms with Crippen molar-refractivity contribution in [1.29, 1.82) is 0 Å². The summed E-state index contributed by atoms with van der Waals surface area (Å²) < 4.78 is 12.7. The van der Waals surface area contributed by atoms with Gasteiger partial charge in [0, 0.05) is 17.8 Å². The number of ether oxygens (including phenoxy) is 1. The zero-order valence-electron chi connectivity index (χ0n) is 15.9. The zero-order valence-corrected chi connectivity index (χ0v) is 16.7. The lowest BCUT2D eigenvalue weighted by Gasteiger charge is -2.32. The topological polar surface area (TPSA) is 62.0 Å². The number of anilines is 1. The number of hydrogen-bond donors (Lipinski definition) is 1. The Hall–Kier alpha value is -2.71. The molecule has 3 heterocycles. The van der Waals surface area contributed by atoms with Gasteiger partial charge in [-0.05, 0) is 29.9 Å². The average molecular weight is 400 g/mol. The molecule has 28 heavy (non-hydrogen) atoms. The van der Waals surface area contributed by atoms with Gasteiger partial charge in [0.1, 0.15) is 5.75 Å². The number of aromatic nitrogens is 3. The van der Waals surface area contributed by atoms with E-state index < -0.39 is 0 Å². The Balaban J connectivity index is 1.35. The molecular formula is C20H25N5O2S+2. The quantitative estimate of drug-likeness (QED) is 0.626. The smallest absolute Gasteiger partial charge is 0.291 e. The molecule has 0 atom stereocenters. The Morgan fingerprint density at radius 2 is 1.86 bits per heavy atom. The van der Waals surface area contributed by atoms with Crippen molar-refractivity contribution >= 4 is 17.9 Å². The average Bonchev–Trinajstić information content (AvgIpc) is 3.08.